The van der Waals surface area contributed by atoms with E-state index in [-0.39, 0.29) is 5.69 Å². The lowest BCUT2D eigenvalue weighted by Gasteiger charge is -2.16. The first-order valence-corrected chi connectivity index (χ1v) is 9.89. The summed E-state index contributed by atoms with van der Waals surface area (Å²) < 4.78 is 76.1. The maximum atomic E-state index is 14.6. The van der Waals surface area contributed by atoms with Crippen molar-refractivity contribution in [3.05, 3.63) is 33.4 Å². The number of alkyl halides is 5. The van der Waals surface area contributed by atoms with Gasteiger partial charge in [-0.1, -0.05) is 23.2 Å². The minimum Gasteiger partial charge on any atom is -0.468 e. The molecule has 1 aliphatic rings. The Kier molecular flexibility index (Phi) is 6.45. The Hall–Kier alpha value is -3.11. The number of nitriles is 1. The number of hydrogen-bond donors (Lipinski definition) is 0. The van der Waals surface area contributed by atoms with Gasteiger partial charge in [0.05, 0.1) is 29.1 Å². The van der Waals surface area contributed by atoms with Crippen molar-refractivity contribution in [1.29, 1.82) is 5.26 Å². The van der Waals surface area contributed by atoms with Gasteiger partial charge in [0.25, 0.3) is 5.92 Å². The van der Waals surface area contributed by atoms with Crippen LogP contribution in [0.1, 0.15) is 17.7 Å². The van der Waals surface area contributed by atoms with Crippen LogP contribution >= 0.6 is 23.2 Å². The Bertz CT molecular complexity index is 1200. The van der Waals surface area contributed by atoms with E-state index in [1.807, 2.05) is 0 Å². The standard InChI is InChI=1S/C19H14Cl2F5N5O3/c1-30(2)8-28-15-13(17(16(32)33-3)7-18(17,22)23)12(6-27)29-31(15)14-10(20)4-9(5-11(14)21)34-19(24,25)26/h4-5,8H,7H2,1-3H3. The van der Waals surface area contributed by atoms with E-state index >= 15 is 0 Å². The molecule has 0 N–H and O–H groups in total. The Balaban J connectivity index is 2.33. The molecule has 1 aromatic heterocycles. The van der Waals surface area contributed by atoms with Gasteiger partial charge in [0, 0.05) is 32.6 Å². The zero-order valence-corrected chi connectivity index (χ0v) is 19.1. The Morgan fingerprint density at radius 3 is 2.29 bits per heavy atom. The molecule has 8 nitrogen and oxygen atoms in total. The summed E-state index contributed by atoms with van der Waals surface area (Å²) in [6.45, 7) is 0. The van der Waals surface area contributed by atoms with Crippen LogP contribution in [-0.2, 0) is 14.9 Å². The maximum Gasteiger partial charge on any atom is 0.573 e. The van der Waals surface area contributed by atoms with Gasteiger partial charge >= 0.3 is 12.3 Å². The highest BCUT2D eigenvalue weighted by Gasteiger charge is 2.79. The minimum atomic E-state index is -5.04. The molecule has 0 bridgehead atoms. The molecule has 1 aromatic carbocycles. The molecule has 34 heavy (non-hydrogen) atoms. The molecule has 1 unspecified atom stereocenters. The summed E-state index contributed by atoms with van der Waals surface area (Å²) in [4.78, 5) is 17.9. The number of aromatic nitrogens is 2. The molecule has 182 valence electrons. The van der Waals surface area contributed by atoms with Gasteiger partial charge in [0.15, 0.2) is 16.9 Å². The summed E-state index contributed by atoms with van der Waals surface area (Å²) >= 11 is 12.3. The van der Waals surface area contributed by atoms with E-state index in [2.05, 4.69) is 19.6 Å². The second kappa shape index (κ2) is 8.59. The second-order valence-electron chi connectivity index (χ2n) is 7.34. The predicted molar refractivity (Wildman–Crippen MR) is 110 cm³/mol. The molecular weight excluding hydrogens is 512 g/mol. The summed E-state index contributed by atoms with van der Waals surface area (Å²) in [6.07, 6.45) is -4.84. The fraction of sp³-hybridized carbons (Fsp3) is 0.368. The zero-order chi connectivity index (χ0) is 25.6. The van der Waals surface area contributed by atoms with Crippen LogP contribution in [0.5, 0.6) is 5.75 Å². The quantitative estimate of drug-likeness (QED) is 0.236. The zero-order valence-electron chi connectivity index (χ0n) is 17.5. The van der Waals surface area contributed by atoms with Crippen molar-refractivity contribution in [2.45, 2.75) is 24.1 Å². The molecule has 1 aliphatic carbocycles. The third-order valence-electron chi connectivity index (χ3n) is 4.76. The van der Waals surface area contributed by atoms with Gasteiger partial charge in [-0.25, -0.2) is 18.5 Å². The van der Waals surface area contributed by atoms with Crippen molar-refractivity contribution in [3.63, 3.8) is 0 Å². The molecular formula is C19H14Cl2F5N5O3. The number of carbonyl (C=O) groups excluding carboxylic acids is 1. The van der Waals surface area contributed by atoms with Crippen LogP contribution in [0.15, 0.2) is 17.1 Å². The lowest BCUT2D eigenvalue weighted by Crippen LogP contribution is -2.29. The summed E-state index contributed by atoms with van der Waals surface area (Å²) in [5.74, 6) is -6.07. The third-order valence-corrected chi connectivity index (χ3v) is 5.34. The van der Waals surface area contributed by atoms with E-state index in [1.54, 1.807) is 20.2 Å². The Morgan fingerprint density at radius 2 is 1.88 bits per heavy atom. The third kappa shape index (κ3) is 4.35. The van der Waals surface area contributed by atoms with Crippen LogP contribution in [0.2, 0.25) is 10.0 Å². The predicted octanol–water partition coefficient (Wildman–Crippen LogP) is 4.62. The molecule has 1 heterocycles. The summed E-state index contributed by atoms with van der Waals surface area (Å²) in [5, 5.41) is 12.7. The average Bonchev–Trinajstić information content (AvgIpc) is 3.10. The van der Waals surface area contributed by atoms with Crippen molar-refractivity contribution < 1.29 is 36.2 Å². The van der Waals surface area contributed by atoms with E-state index in [9.17, 15) is 32.0 Å². The average molecular weight is 526 g/mol. The van der Waals surface area contributed by atoms with E-state index in [1.165, 1.54) is 11.2 Å². The van der Waals surface area contributed by atoms with E-state index in [0.29, 0.717) is 0 Å². The largest absolute Gasteiger partial charge is 0.573 e. The number of aliphatic imine (C=N–C) groups is 1. The van der Waals surface area contributed by atoms with Gasteiger partial charge in [-0.15, -0.1) is 13.2 Å². The van der Waals surface area contributed by atoms with Gasteiger partial charge in [-0.3, -0.25) is 4.79 Å². The minimum absolute atomic E-state index is 0.282. The topological polar surface area (TPSA) is 92.7 Å². The van der Waals surface area contributed by atoms with Crippen molar-refractivity contribution in [2.75, 3.05) is 21.2 Å². The van der Waals surface area contributed by atoms with Crippen LogP contribution in [-0.4, -0.2) is 60.5 Å². The van der Waals surface area contributed by atoms with E-state index in [0.717, 1.165) is 23.9 Å². The highest BCUT2D eigenvalue weighted by molar-refractivity contribution is 6.38. The van der Waals surface area contributed by atoms with Gasteiger partial charge in [-0.05, 0) is 0 Å². The molecule has 0 radical (unpaired) electrons. The number of methoxy groups -OCH3 is 1. The fourth-order valence-corrected chi connectivity index (χ4v) is 3.95. The van der Waals surface area contributed by atoms with Crippen molar-refractivity contribution in [2.24, 2.45) is 4.99 Å². The first-order chi connectivity index (χ1) is 15.7. The molecule has 0 saturated heterocycles. The highest BCUT2D eigenvalue weighted by Crippen LogP contribution is 2.64. The number of halogens is 7. The molecule has 0 amide bonds. The van der Waals surface area contributed by atoms with Crippen LogP contribution in [0.25, 0.3) is 5.69 Å². The van der Waals surface area contributed by atoms with E-state index in [4.69, 9.17) is 23.2 Å². The number of benzene rings is 1. The Labute approximate surface area is 199 Å². The molecule has 0 spiro atoms. The van der Waals surface area contributed by atoms with Crippen molar-refractivity contribution in [3.8, 4) is 17.5 Å². The first-order valence-electron chi connectivity index (χ1n) is 9.14. The smallest absolute Gasteiger partial charge is 0.468 e. The number of ether oxygens (including phenoxy) is 2. The monoisotopic (exact) mass is 525 g/mol. The summed E-state index contributed by atoms with van der Waals surface area (Å²) in [6, 6.07) is 3.18. The van der Waals surface area contributed by atoms with Crippen molar-refractivity contribution in [1.82, 2.24) is 14.7 Å². The van der Waals surface area contributed by atoms with Crippen LogP contribution in [0.4, 0.5) is 27.8 Å². The number of hydrogen-bond acceptors (Lipinski definition) is 6. The normalized spacial score (nSPS) is 19.1. The van der Waals surface area contributed by atoms with Gasteiger partial charge < -0.3 is 14.4 Å². The summed E-state index contributed by atoms with van der Waals surface area (Å²) in [5.41, 5.74) is -3.97. The van der Waals surface area contributed by atoms with Crippen LogP contribution in [0.3, 0.4) is 0 Å². The molecule has 1 saturated carbocycles. The van der Waals surface area contributed by atoms with Crippen molar-refractivity contribution >= 4 is 41.3 Å². The van der Waals surface area contributed by atoms with Crippen LogP contribution < -0.4 is 4.74 Å². The second-order valence-corrected chi connectivity index (χ2v) is 8.15. The lowest BCUT2D eigenvalue weighted by molar-refractivity contribution is -0.274. The molecule has 2 aromatic rings. The van der Waals surface area contributed by atoms with Crippen LogP contribution in [0, 0.1) is 11.3 Å². The fourth-order valence-electron chi connectivity index (χ4n) is 3.32. The number of rotatable bonds is 6. The van der Waals surface area contributed by atoms with E-state index < -0.39 is 63.0 Å². The van der Waals surface area contributed by atoms with Gasteiger partial charge in [0.2, 0.25) is 0 Å². The molecule has 0 aliphatic heterocycles. The molecule has 1 fully saturated rings. The van der Waals surface area contributed by atoms with Gasteiger partial charge in [-0.2, -0.15) is 10.4 Å². The highest BCUT2D eigenvalue weighted by atomic mass is 35.5. The molecule has 15 heteroatoms. The molecule has 3 rings (SSSR count). The maximum absolute atomic E-state index is 14.6. The summed E-state index contributed by atoms with van der Waals surface area (Å²) in [7, 11) is 4.02. The first kappa shape index (κ1) is 25.5. The lowest BCUT2D eigenvalue weighted by atomic mass is 9.94. The van der Waals surface area contributed by atoms with Gasteiger partial charge in [0.1, 0.15) is 17.5 Å². The Morgan fingerprint density at radius 1 is 1.32 bits per heavy atom. The SMILES string of the molecule is COC(=O)C1(c2c(C#N)nn(-c3c(Cl)cc(OC(F)(F)F)cc3Cl)c2N=CN(C)C)CC1(F)F. The number of nitrogens with zero attached hydrogens (tertiary/aromatic N) is 5. The number of carbonyl (C=O) groups is 1. The number of esters is 1. The molecule has 1 atom stereocenters.